The minimum absolute atomic E-state index is 0.140. The molecule has 2 N–H and O–H groups in total. The molecule has 2 amide bonds. The van der Waals surface area contributed by atoms with Gasteiger partial charge in [-0.05, 0) is 54.6 Å². The highest BCUT2D eigenvalue weighted by molar-refractivity contribution is 6.39. The number of ether oxygens (including phenoxy) is 2. The summed E-state index contributed by atoms with van der Waals surface area (Å²) in [7, 11) is 1.52. The maximum Gasteiger partial charge on any atom is 0.343 e. The lowest BCUT2D eigenvalue weighted by molar-refractivity contribution is -0.136. The lowest BCUT2D eigenvalue weighted by Crippen LogP contribution is -2.32. The number of hydrogen-bond donors (Lipinski definition) is 2. The SMILES string of the molecule is COc1ccc(C(=O)Oc2ccccc2/C=N/NC(=O)C(=O)Nc2ccc(F)c(Cl)c2)cc1. The van der Waals surface area contributed by atoms with E-state index in [1.54, 1.807) is 48.5 Å². The Morgan fingerprint density at radius 2 is 1.73 bits per heavy atom. The number of para-hydroxylation sites is 1. The van der Waals surface area contributed by atoms with Gasteiger partial charge in [0.1, 0.15) is 17.3 Å². The maximum atomic E-state index is 13.2. The predicted molar refractivity (Wildman–Crippen MR) is 120 cm³/mol. The van der Waals surface area contributed by atoms with Crippen LogP contribution in [0.15, 0.2) is 71.8 Å². The number of halogens is 2. The smallest absolute Gasteiger partial charge is 0.343 e. The predicted octanol–water partition coefficient (Wildman–Crippen LogP) is 3.80. The lowest BCUT2D eigenvalue weighted by Gasteiger charge is -2.08. The monoisotopic (exact) mass is 469 g/mol. The van der Waals surface area contributed by atoms with E-state index in [4.69, 9.17) is 21.1 Å². The van der Waals surface area contributed by atoms with Gasteiger partial charge < -0.3 is 14.8 Å². The van der Waals surface area contributed by atoms with Crippen LogP contribution in [0.5, 0.6) is 11.5 Å². The molecule has 8 nitrogen and oxygen atoms in total. The first-order valence-electron chi connectivity index (χ1n) is 9.42. The lowest BCUT2D eigenvalue weighted by atomic mass is 10.2. The Balaban J connectivity index is 1.61. The van der Waals surface area contributed by atoms with Crippen LogP contribution in [0.1, 0.15) is 15.9 Å². The average molecular weight is 470 g/mol. The summed E-state index contributed by atoms with van der Waals surface area (Å²) in [6.45, 7) is 0. The van der Waals surface area contributed by atoms with E-state index in [9.17, 15) is 18.8 Å². The Morgan fingerprint density at radius 1 is 1.00 bits per heavy atom. The molecule has 0 atom stereocenters. The molecule has 0 heterocycles. The highest BCUT2D eigenvalue weighted by Gasteiger charge is 2.14. The summed E-state index contributed by atoms with van der Waals surface area (Å²) in [6.07, 6.45) is 1.22. The van der Waals surface area contributed by atoms with E-state index in [1.807, 2.05) is 0 Å². The summed E-state index contributed by atoms with van der Waals surface area (Å²) in [5.74, 6) is -2.56. The van der Waals surface area contributed by atoms with E-state index >= 15 is 0 Å². The van der Waals surface area contributed by atoms with Gasteiger partial charge in [0.15, 0.2) is 0 Å². The number of amides is 2. The third-order valence-corrected chi connectivity index (χ3v) is 4.49. The number of esters is 1. The van der Waals surface area contributed by atoms with Gasteiger partial charge in [-0.2, -0.15) is 5.10 Å². The Bertz CT molecular complexity index is 1210. The summed E-state index contributed by atoms with van der Waals surface area (Å²) >= 11 is 5.64. The van der Waals surface area contributed by atoms with Gasteiger partial charge in [-0.1, -0.05) is 23.7 Å². The molecule has 0 fully saturated rings. The third kappa shape index (κ3) is 6.37. The largest absolute Gasteiger partial charge is 0.497 e. The molecule has 0 spiro atoms. The van der Waals surface area contributed by atoms with Crippen molar-refractivity contribution in [1.82, 2.24) is 5.43 Å². The number of hydrogen-bond acceptors (Lipinski definition) is 6. The number of nitrogens with zero attached hydrogens (tertiary/aromatic N) is 1. The van der Waals surface area contributed by atoms with Crippen molar-refractivity contribution in [1.29, 1.82) is 0 Å². The van der Waals surface area contributed by atoms with Crippen molar-refractivity contribution in [3.8, 4) is 11.5 Å². The quantitative estimate of drug-likeness (QED) is 0.188. The van der Waals surface area contributed by atoms with Crippen LogP contribution in [0, 0.1) is 5.82 Å². The summed E-state index contributed by atoms with van der Waals surface area (Å²) in [4.78, 5) is 36.3. The van der Waals surface area contributed by atoms with Crippen molar-refractivity contribution in [3.05, 3.63) is 88.7 Å². The van der Waals surface area contributed by atoms with E-state index < -0.39 is 23.6 Å². The first-order valence-corrected chi connectivity index (χ1v) is 9.80. The van der Waals surface area contributed by atoms with Crippen molar-refractivity contribution >= 4 is 41.3 Å². The minimum Gasteiger partial charge on any atom is -0.497 e. The normalized spacial score (nSPS) is 10.5. The van der Waals surface area contributed by atoms with Gasteiger partial charge >= 0.3 is 17.8 Å². The molecule has 0 aliphatic heterocycles. The zero-order chi connectivity index (χ0) is 23.8. The molecule has 168 valence electrons. The molecule has 3 aromatic carbocycles. The summed E-state index contributed by atoms with van der Waals surface area (Å²) in [5.41, 5.74) is 2.89. The molecule has 0 aliphatic rings. The van der Waals surface area contributed by atoms with Gasteiger partial charge in [-0.25, -0.2) is 14.6 Å². The van der Waals surface area contributed by atoms with Crippen LogP contribution in [-0.4, -0.2) is 31.1 Å². The maximum absolute atomic E-state index is 13.2. The Morgan fingerprint density at radius 3 is 2.42 bits per heavy atom. The number of nitrogens with one attached hydrogen (secondary N) is 2. The first kappa shape index (κ1) is 23.4. The number of carbonyl (C=O) groups excluding carboxylic acids is 3. The van der Waals surface area contributed by atoms with Crippen LogP contribution in [0.3, 0.4) is 0 Å². The molecule has 0 saturated heterocycles. The summed E-state index contributed by atoms with van der Waals surface area (Å²) < 4.78 is 23.6. The average Bonchev–Trinajstić information content (AvgIpc) is 2.82. The van der Waals surface area contributed by atoms with Gasteiger partial charge in [0.2, 0.25) is 0 Å². The van der Waals surface area contributed by atoms with E-state index in [0.29, 0.717) is 16.9 Å². The number of anilines is 1. The van der Waals surface area contributed by atoms with Crippen LogP contribution in [0.25, 0.3) is 0 Å². The molecule has 0 radical (unpaired) electrons. The highest BCUT2D eigenvalue weighted by atomic mass is 35.5. The van der Waals surface area contributed by atoms with Gasteiger partial charge in [0, 0.05) is 11.3 Å². The molecule has 3 aromatic rings. The molecular formula is C23H17ClFN3O5. The Labute approximate surface area is 193 Å². The van der Waals surface area contributed by atoms with E-state index in [2.05, 4.69) is 15.8 Å². The molecular weight excluding hydrogens is 453 g/mol. The second-order valence-electron chi connectivity index (χ2n) is 6.44. The summed E-state index contributed by atoms with van der Waals surface area (Å²) in [5, 5.41) is 5.79. The minimum atomic E-state index is -1.07. The Hall–Kier alpha value is -4.24. The highest BCUT2D eigenvalue weighted by Crippen LogP contribution is 2.20. The van der Waals surface area contributed by atoms with E-state index in [-0.39, 0.29) is 16.5 Å². The third-order valence-electron chi connectivity index (χ3n) is 4.20. The number of methoxy groups -OCH3 is 1. The van der Waals surface area contributed by atoms with E-state index in [1.165, 1.54) is 25.5 Å². The molecule has 10 heteroatoms. The number of hydrazone groups is 1. The van der Waals surface area contributed by atoms with Crippen molar-refractivity contribution < 1.29 is 28.2 Å². The second-order valence-corrected chi connectivity index (χ2v) is 6.85. The molecule has 33 heavy (non-hydrogen) atoms. The zero-order valence-corrected chi connectivity index (χ0v) is 17.9. The fraction of sp³-hybridized carbons (Fsp3) is 0.0435. The van der Waals surface area contributed by atoms with Crippen molar-refractivity contribution in [2.45, 2.75) is 0 Å². The number of benzene rings is 3. The molecule has 0 bridgehead atoms. The molecule has 0 aliphatic carbocycles. The fourth-order valence-corrected chi connectivity index (χ4v) is 2.72. The number of rotatable bonds is 6. The first-order chi connectivity index (χ1) is 15.9. The van der Waals surface area contributed by atoms with Crippen LogP contribution in [-0.2, 0) is 9.59 Å². The second kappa shape index (κ2) is 10.9. The Kier molecular flexibility index (Phi) is 7.72. The standard InChI is InChI=1S/C23H17ClFN3O5/c1-32-17-9-6-14(7-10-17)23(31)33-20-5-3-2-4-15(20)13-26-28-22(30)21(29)27-16-8-11-19(25)18(24)12-16/h2-13H,1H3,(H,27,29)(H,28,30)/b26-13+. The van der Waals surface area contributed by atoms with Crippen LogP contribution in [0.2, 0.25) is 5.02 Å². The van der Waals surface area contributed by atoms with Crippen molar-refractivity contribution in [2.24, 2.45) is 5.10 Å². The van der Waals surface area contributed by atoms with Crippen LogP contribution < -0.4 is 20.2 Å². The zero-order valence-electron chi connectivity index (χ0n) is 17.2. The molecule has 0 unspecified atom stereocenters. The fourth-order valence-electron chi connectivity index (χ4n) is 2.54. The van der Waals surface area contributed by atoms with Crippen molar-refractivity contribution in [2.75, 3.05) is 12.4 Å². The van der Waals surface area contributed by atoms with Gasteiger partial charge in [-0.15, -0.1) is 0 Å². The molecule has 0 aromatic heterocycles. The van der Waals surface area contributed by atoms with Gasteiger partial charge in [0.05, 0.1) is 23.9 Å². The summed E-state index contributed by atoms with van der Waals surface area (Å²) in [6, 6.07) is 16.3. The van der Waals surface area contributed by atoms with Gasteiger partial charge in [-0.3, -0.25) is 9.59 Å². The van der Waals surface area contributed by atoms with Crippen LogP contribution in [0.4, 0.5) is 10.1 Å². The van der Waals surface area contributed by atoms with E-state index in [0.717, 1.165) is 6.07 Å². The van der Waals surface area contributed by atoms with Crippen LogP contribution >= 0.6 is 11.6 Å². The van der Waals surface area contributed by atoms with Gasteiger partial charge in [0.25, 0.3) is 0 Å². The topological polar surface area (TPSA) is 106 Å². The molecule has 0 saturated carbocycles. The number of carbonyl (C=O) groups is 3. The molecule has 3 rings (SSSR count). The van der Waals surface area contributed by atoms with Crippen molar-refractivity contribution in [3.63, 3.8) is 0 Å².